The summed E-state index contributed by atoms with van der Waals surface area (Å²) in [5.74, 6) is 1.38. The first-order valence-corrected chi connectivity index (χ1v) is 9.28. The molecule has 0 atom stereocenters. The summed E-state index contributed by atoms with van der Waals surface area (Å²) in [4.78, 5) is 0. The Hall–Kier alpha value is -0.940. The Balaban J connectivity index is 1.72. The highest BCUT2D eigenvalue weighted by Crippen LogP contribution is 2.35. The first-order valence-electron chi connectivity index (χ1n) is 7.73. The molecule has 1 saturated carbocycles. The van der Waals surface area contributed by atoms with Gasteiger partial charge in [-0.05, 0) is 42.7 Å². The minimum absolute atomic E-state index is 0.346. The first-order chi connectivity index (χ1) is 11.6. The summed E-state index contributed by atoms with van der Waals surface area (Å²) in [5.41, 5.74) is 2.02. The van der Waals surface area contributed by atoms with Crippen molar-refractivity contribution in [2.45, 2.75) is 32.0 Å². The van der Waals surface area contributed by atoms with E-state index in [1.165, 1.54) is 12.8 Å². The van der Waals surface area contributed by atoms with E-state index in [4.69, 9.17) is 32.7 Å². The van der Waals surface area contributed by atoms with Crippen molar-refractivity contribution in [2.75, 3.05) is 7.11 Å². The van der Waals surface area contributed by atoms with Crippen LogP contribution in [0.5, 0.6) is 11.5 Å². The first kappa shape index (κ1) is 17.9. The van der Waals surface area contributed by atoms with Gasteiger partial charge in [0.25, 0.3) is 0 Å². The number of hydrogen-bond acceptors (Lipinski definition) is 3. The van der Waals surface area contributed by atoms with Crippen LogP contribution in [0.15, 0.2) is 34.8 Å². The van der Waals surface area contributed by atoms with Gasteiger partial charge in [-0.1, -0.05) is 45.2 Å². The van der Waals surface area contributed by atoms with Crippen LogP contribution in [0.25, 0.3) is 0 Å². The zero-order chi connectivity index (χ0) is 17.1. The van der Waals surface area contributed by atoms with Crippen LogP contribution in [-0.4, -0.2) is 13.2 Å². The molecule has 1 aliphatic rings. The summed E-state index contributed by atoms with van der Waals surface area (Å²) in [7, 11) is 1.64. The molecular formula is C18H18BrCl2NO2. The number of rotatable bonds is 7. The highest BCUT2D eigenvalue weighted by molar-refractivity contribution is 9.10. The fraction of sp³-hybridized carbons (Fsp3) is 0.333. The van der Waals surface area contributed by atoms with E-state index >= 15 is 0 Å². The molecule has 6 heteroatoms. The molecule has 0 amide bonds. The average Bonchev–Trinajstić information content (AvgIpc) is 3.37. The molecule has 0 spiro atoms. The van der Waals surface area contributed by atoms with Crippen molar-refractivity contribution in [3.05, 3.63) is 56.0 Å². The van der Waals surface area contributed by atoms with Crippen LogP contribution in [0.4, 0.5) is 0 Å². The summed E-state index contributed by atoms with van der Waals surface area (Å²) >= 11 is 15.7. The van der Waals surface area contributed by atoms with Gasteiger partial charge in [-0.25, -0.2) is 0 Å². The van der Waals surface area contributed by atoms with E-state index in [0.717, 1.165) is 22.1 Å². The van der Waals surface area contributed by atoms with E-state index in [1.54, 1.807) is 19.2 Å². The fourth-order valence-corrected chi connectivity index (χ4v) is 3.25. The summed E-state index contributed by atoms with van der Waals surface area (Å²) < 4.78 is 12.4. The Kier molecular flexibility index (Phi) is 5.93. The van der Waals surface area contributed by atoms with Crippen molar-refractivity contribution < 1.29 is 9.47 Å². The Morgan fingerprint density at radius 2 is 1.92 bits per heavy atom. The van der Waals surface area contributed by atoms with Gasteiger partial charge in [-0.15, -0.1) is 0 Å². The number of ether oxygens (including phenoxy) is 2. The summed E-state index contributed by atoms with van der Waals surface area (Å²) in [6.07, 6.45) is 2.52. The SMILES string of the molecule is COc1cc(CNC2CC2)c(Br)cc1OCc1ccc(Cl)cc1Cl. The largest absolute Gasteiger partial charge is 0.493 e. The number of hydrogen-bond donors (Lipinski definition) is 1. The van der Waals surface area contributed by atoms with Gasteiger partial charge in [0, 0.05) is 32.7 Å². The topological polar surface area (TPSA) is 30.5 Å². The van der Waals surface area contributed by atoms with Gasteiger partial charge < -0.3 is 14.8 Å². The highest BCUT2D eigenvalue weighted by atomic mass is 79.9. The van der Waals surface area contributed by atoms with Gasteiger partial charge in [0.05, 0.1) is 7.11 Å². The lowest BCUT2D eigenvalue weighted by atomic mass is 10.2. The lowest BCUT2D eigenvalue weighted by molar-refractivity contribution is 0.284. The van der Waals surface area contributed by atoms with Crippen LogP contribution in [0.1, 0.15) is 24.0 Å². The van der Waals surface area contributed by atoms with Crippen LogP contribution in [-0.2, 0) is 13.2 Å². The van der Waals surface area contributed by atoms with Crippen LogP contribution in [0.2, 0.25) is 10.0 Å². The maximum atomic E-state index is 6.19. The number of methoxy groups -OCH3 is 1. The van der Waals surface area contributed by atoms with Crippen molar-refractivity contribution >= 4 is 39.1 Å². The summed E-state index contributed by atoms with van der Waals surface area (Å²) in [5, 5.41) is 4.70. The van der Waals surface area contributed by atoms with Gasteiger partial charge in [-0.2, -0.15) is 0 Å². The standard InChI is InChI=1S/C18H18BrCl2NO2/c1-23-17-6-12(9-22-14-4-5-14)15(19)8-18(17)24-10-11-2-3-13(20)7-16(11)21/h2-3,6-8,14,22H,4-5,9-10H2,1H3. The molecule has 2 aromatic carbocycles. The van der Waals surface area contributed by atoms with Gasteiger partial charge in [0.2, 0.25) is 0 Å². The normalized spacial score (nSPS) is 13.8. The molecule has 1 N–H and O–H groups in total. The van der Waals surface area contributed by atoms with Crippen molar-refractivity contribution in [3.8, 4) is 11.5 Å². The van der Waals surface area contributed by atoms with E-state index < -0.39 is 0 Å². The smallest absolute Gasteiger partial charge is 0.162 e. The molecule has 3 rings (SSSR count). The van der Waals surface area contributed by atoms with E-state index in [9.17, 15) is 0 Å². The number of nitrogens with one attached hydrogen (secondary N) is 1. The molecule has 128 valence electrons. The zero-order valence-electron chi connectivity index (χ0n) is 13.2. The Bertz CT molecular complexity index is 735. The third-order valence-electron chi connectivity index (χ3n) is 3.89. The summed E-state index contributed by atoms with van der Waals surface area (Å²) in [6.45, 7) is 1.16. The number of halogens is 3. The minimum Gasteiger partial charge on any atom is -0.493 e. The Morgan fingerprint density at radius 1 is 1.12 bits per heavy atom. The lowest BCUT2D eigenvalue weighted by Crippen LogP contribution is -2.15. The maximum Gasteiger partial charge on any atom is 0.162 e. The minimum atomic E-state index is 0.346. The molecule has 2 aromatic rings. The molecule has 0 bridgehead atoms. The molecule has 1 aliphatic carbocycles. The highest BCUT2D eigenvalue weighted by Gasteiger charge is 2.21. The quantitative estimate of drug-likeness (QED) is 0.620. The van der Waals surface area contributed by atoms with Crippen LogP contribution >= 0.6 is 39.1 Å². The second-order valence-corrected chi connectivity index (χ2v) is 7.47. The second kappa shape index (κ2) is 7.96. The van der Waals surface area contributed by atoms with Crippen LogP contribution in [0.3, 0.4) is 0 Å². The van der Waals surface area contributed by atoms with Crippen molar-refractivity contribution in [2.24, 2.45) is 0 Å². The maximum absolute atomic E-state index is 6.19. The second-order valence-electron chi connectivity index (χ2n) is 5.77. The predicted octanol–water partition coefficient (Wildman–Crippen LogP) is 5.60. The molecule has 0 saturated heterocycles. The molecule has 0 heterocycles. The Morgan fingerprint density at radius 3 is 2.58 bits per heavy atom. The molecule has 0 aliphatic heterocycles. The van der Waals surface area contributed by atoms with Crippen molar-refractivity contribution in [1.29, 1.82) is 0 Å². The zero-order valence-corrected chi connectivity index (χ0v) is 16.3. The van der Waals surface area contributed by atoms with Gasteiger partial charge >= 0.3 is 0 Å². The van der Waals surface area contributed by atoms with E-state index in [1.807, 2.05) is 18.2 Å². The molecule has 0 aromatic heterocycles. The average molecular weight is 431 g/mol. The van der Waals surface area contributed by atoms with E-state index in [0.29, 0.717) is 34.2 Å². The Labute approximate surface area is 160 Å². The third-order valence-corrected chi connectivity index (χ3v) is 5.21. The number of benzene rings is 2. The molecule has 3 nitrogen and oxygen atoms in total. The van der Waals surface area contributed by atoms with E-state index in [-0.39, 0.29) is 0 Å². The molecule has 1 fully saturated rings. The van der Waals surface area contributed by atoms with Crippen LogP contribution < -0.4 is 14.8 Å². The van der Waals surface area contributed by atoms with Crippen molar-refractivity contribution in [3.63, 3.8) is 0 Å². The van der Waals surface area contributed by atoms with E-state index in [2.05, 4.69) is 21.2 Å². The molecule has 0 unspecified atom stereocenters. The fourth-order valence-electron chi connectivity index (χ4n) is 2.32. The lowest BCUT2D eigenvalue weighted by Gasteiger charge is -2.15. The molecule has 24 heavy (non-hydrogen) atoms. The van der Waals surface area contributed by atoms with Crippen molar-refractivity contribution in [1.82, 2.24) is 5.32 Å². The molecular weight excluding hydrogens is 413 g/mol. The molecule has 0 radical (unpaired) electrons. The predicted molar refractivity (Wildman–Crippen MR) is 101 cm³/mol. The van der Waals surface area contributed by atoms with Crippen LogP contribution in [0, 0.1) is 0 Å². The monoisotopic (exact) mass is 429 g/mol. The third kappa shape index (κ3) is 4.57. The van der Waals surface area contributed by atoms with Gasteiger partial charge in [0.15, 0.2) is 11.5 Å². The summed E-state index contributed by atoms with van der Waals surface area (Å²) in [6, 6.07) is 9.96. The van der Waals surface area contributed by atoms with Gasteiger partial charge in [0.1, 0.15) is 6.61 Å². The van der Waals surface area contributed by atoms with Gasteiger partial charge in [-0.3, -0.25) is 0 Å².